The van der Waals surface area contributed by atoms with Crippen molar-refractivity contribution in [1.29, 1.82) is 0 Å². The first-order valence-corrected chi connectivity index (χ1v) is 8.84. The number of hydrogen-bond acceptors (Lipinski definition) is 3. The van der Waals surface area contributed by atoms with Crippen molar-refractivity contribution in [3.63, 3.8) is 0 Å². The molecule has 0 bridgehead atoms. The molecule has 1 fully saturated rings. The number of pyridine rings is 1. The zero-order chi connectivity index (χ0) is 17.8. The first-order valence-electron chi connectivity index (χ1n) is 8.84. The number of para-hydroxylation sites is 1. The van der Waals surface area contributed by atoms with Gasteiger partial charge in [-0.25, -0.2) is 4.68 Å². The van der Waals surface area contributed by atoms with Gasteiger partial charge >= 0.3 is 0 Å². The summed E-state index contributed by atoms with van der Waals surface area (Å²) in [6, 6.07) is 13.8. The number of nitrogens with zero attached hydrogens (tertiary/aromatic N) is 4. The van der Waals surface area contributed by atoms with E-state index in [0.29, 0.717) is 0 Å². The van der Waals surface area contributed by atoms with E-state index in [-0.39, 0.29) is 5.91 Å². The number of rotatable bonds is 4. The lowest BCUT2D eigenvalue weighted by Crippen LogP contribution is -2.25. The minimum Gasteiger partial charge on any atom is -0.339 e. The van der Waals surface area contributed by atoms with Gasteiger partial charge < -0.3 is 4.90 Å². The quantitative estimate of drug-likeness (QED) is 0.680. The van der Waals surface area contributed by atoms with Crippen LogP contribution in [0, 0.1) is 0 Å². The molecule has 0 radical (unpaired) electrons. The van der Waals surface area contributed by atoms with Gasteiger partial charge in [-0.15, -0.1) is 0 Å². The second-order valence-electron chi connectivity index (χ2n) is 6.32. The van der Waals surface area contributed by atoms with Crippen LogP contribution in [0.5, 0.6) is 0 Å². The molecule has 1 aromatic carbocycles. The molecule has 3 aromatic rings. The summed E-state index contributed by atoms with van der Waals surface area (Å²) in [5.74, 6) is 0.0621. The standard InChI is InChI=1S/C21H20N4O/c26-20(24-13-4-5-14-24)11-10-18-16-25(19-8-2-1-3-9-19)23-21(18)17-7-6-12-22-15-17/h1-3,6-12,15-16H,4-5,13-14H2. The maximum Gasteiger partial charge on any atom is 0.246 e. The van der Waals surface area contributed by atoms with E-state index in [1.807, 2.05) is 64.3 Å². The number of aromatic nitrogens is 3. The summed E-state index contributed by atoms with van der Waals surface area (Å²) in [4.78, 5) is 18.4. The second kappa shape index (κ2) is 7.35. The average molecular weight is 344 g/mol. The van der Waals surface area contributed by atoms with Gasteiger partial charge in [-0.3, -0.25) is 9.78 Å². The minimum absolute atomic E-state index is 0.0621. The number of carbonyl (C=O) groups excluding carboxylic acids is 1. The van der Waals surface area contributed by atoms with E-state index in [9.17, 15) is 4.79 Å². The molecule has 4 rings (SSSR count). The van der Waals surface area contributed by atoms with Crippen LogP contribution in [0.15, 0.2) is 67.1 Å². The maximum atomic E-state index is 12.3. The smallest absolute Gasteiger partial charge is 0.246 e. The largest absolute Gasteiger partial charge is 0.339 e. The molecule has 1 aliphatic rings. The van der Waals surface area contributed by atoms with Crippen molar-refractivity contribution in [3.05, 3.63) is 72.7 Å². The van der Waals surface area contributed by atoms with E-state index in [4.69, 9.17) is 5.10 Å². The summed E-state index contributed by atoms with van der Waals surface area (Å²) in [7, 11) is 0. The summed E-state index contributed by atoms with van der Waals surface area (Å²) < 4.78 is 1.84. The molecular weight excluding hydrogens is 324 g/mol. The van der Waals surface area contributed by atoms with Crippen LogP contribution in [0.3, 0.4) is 0 Å². The van der Waals surface area contributed by atoms with E-state index >= 15 is 0 Å². The van der Waals surface area contributed by atoms with Gasteiger partial charge in [0.25, 0.3) is 0 Å². The van der Waals surface area contributed by atoms with Crippen molar-refractivity contribution in [1.82, 2.24) is 19.7 Å². The SMILES string of the molecule is O=C(C=Cc1cn(-c2ccccc2)nc1-c1cccnc1)N1CCCC1. The molecule has 2 aromatic heterocycles. The number of benzene rings is 1. The molecule has 5 heteroatoms. The van der Waals surface area contributed by atoms with Gasteiger partial charge in [0.2, 0.25) is 5.91 Å². The molecule has 1 amide bonds. The zero-order valence-corrected chi connectivity index (χ0v) is 14.5. The van der Waals surface area contributed by atoms with Gasteiger partial charge in [0.15, 0.2) is 0 Å². The maximum absolute atomic E-state index is 12.3. The molecule has 0 aliphatic carbocycles. The Balaban J connectivity index is 1.70. The molecule has 26 heavy (non-hydrogen) atoms. The highest BCUT2D eigenvalue weighted by molar-refractivity contribution is 5.93. The molecule has 5 nitrogen and oxygen atoms in total. The van der Waals surface area contributed by atoms with Gasteiger partial charge in [0.1, 0.15) is 5.69 Å². The molecule has 0 N–H and O–H groups in total. The van der Waals surface area contributed by atoms with Gasteiger partial charge in [0.05, 0.1) is 5.69 Å². The van der Waals surface area contributed by atoms with Crippen LogP contribution in [0.25, 0.3) is 23.0 Å². The topological polar surface area (TPSA) is 51.0 Å². The lowest BCUT2D eigenvalue weighted by molar-refractivity contribution is -0.124. The Morgan fingerprint density at radius 1 is 1.04 bits per heavy atom. The Hall–Kier alpha value is -3.21. The number of likely N-dealkylation sites (tertiary alicyclic amines) is 1. The Bertz CT molecular complexity index is 910. The first-order chi connectivity index (χ1) is 12.8. The predicted octanol–water partition coefficient (Wildman–Crippen LogP) is 3.57. The fourth-order valence-corrected chi connectivity index (χ4v) is 3.15. The molecule has 0 unspecified atom stereocenters. The molecule has 3 heterocycles. The van der Waals surface area contributed by atoms with E-state index in [0.717, 1.165) is 48.4 Å². The molecule has 1 saturated heterocycles. The monoisotopic (exact) mass is 344 g/mol. The van der Waals surface area contributed by atoms with E-state index in [1.54, 1.807) is 18.5 Å². The number of hydrogen-bond donors (Lipinski definition) is 0. The van der Waals surface area contributed by atoms with Crippen LogP contribution < -0.4 is 0 Å². The minimum atomic E-state index is 0.0621. The summed E-state index contributed by atoms with van der Waals surface area (Å²) in [6.45, 7) is 1.70. The Morgan fingerprint density at radius 3 is 2.58 bits per heavy atom. The third kappa shape index (κ3) is 3.42. The number of carbonyl (C=O) groups is 1. The van der Waals surface area contributed by atoms with Crippen LogP contribution in [-0.4, -0.2) is 38.7 Å². The zero-order valence-electron chi connectivity index (χ0n) is 14.5. The fraction of sp³-hybridized carbons (Fsp3) is 0.190. The summed E-state index contributed by atoms with van der Waals surface area (Å²) in [6.07, 6.45) is 11.2. The van der Waals surface area contributed by atoms with Crippen LogP contribution in [0.2, 0.25) is 0 Å². The van der Waals surface area contributed by atoms with Crippen LogP contribution in [-0.2, 0) is 4.79 Å². The fourth-order valence-electron chi connectivity index (χ4n) is 3.15. The van der Waals surface area contributed by atoms with Crippen LogP contribution in [0.4, 0.5) is 0 Å². The summed E-state index contributed by atoms with van der Waals surface area (Å²) >= 11 is 0. The van der Waals surface area contributed by atoms with Gasteiger partial charge in [0, 0.05) is 48.9 Å². The van der Waals surface area contributed by atoms with Crippen molar-refractivity contribution in [2.45, 2.75) is 12.8 Å². The lowest BCUT2D eigenvalue weighted by Gasteiger charge is -2.11. The highest BCUT2D eigenvalue weighted by Gasteiger charge is 2.16. The van der Waals surface area contributed by atoms with E-state index in [2.05, 4.69) is 4.98 Å². The molecule has 0 spiro atoms. The highest BCUT2D eigenvalue weighted by atomic mass is 16.2. The van der Waals surface area contributed by atoms with Gasteiger partial charge in [-0.2, -0.15) is 5.10 Å². The van der Waals surface area contributed by atoms with Crippen molar-refractivity contribution in [2.24, 2.45) is 0 Å². The Labute approximate surface area is 152 Å². The van der Waals surface area contributed by atoms with E-state index < -0.39 is 0 Å². The second-order valence-corrected chi connectivity index (χ2v) is 6.32. The molecular formula is C21H20N4O. The van der Waals surface area contributed by atoms with Crippen molar-refractivity contribution < 1.29 is 4.79 Å². The normalized spacial score (nSPS) is 14.2. The Morgan fingerprint density at radius 2 is 1.85 bits per heavy atom. The number of amides is 1. The third-order valence-electron chi connectivity index (χ3n) is 4.52. The average Bonchev–Trinajstić information content (AvgIpc) is 3.38. The van der Waals surface area contributed by atoms with E-state index in [1.165, 1.54) is 0 Å². The molecule has 130 valence electrons. The molecule has 1 aliphatic heterocycles. The highest BCUT2D eigenvalue weighted by Crippen LogP contribution is 2.24. The predicted molar refractivity (Wildman–Crippen MR) is 102 cm³/mol. The van der Waals surface area contributed by atoms with Crippen molar-refractivity contribution >= 4 is 12.0 Å². The van der Waals surface area contributed by atoms with Gasteiger partial charge in [-0.1, -0.05) is 18.2 Å². The van der Waals surface area contributed by atoms with Crippen LogP contribution in [0.1, 0.15) is 18.4 Å². The van der Waals surface area contributed by atoms with Gasteiger partial charge in [-0.05, 0) is 43.2 Å². The Kier molecular flexibility index (Phi) is 4.60. The lowest BCUT2D eigenvalue weighted by atomic mass is 10.1. The third-order valence-corrected chi connectivity index (χ3v) is 4.52. The summed E-state index contributed by atoms with van der Waals surface area (Å²) in [5.41, 5.74) is 3.61. The molecule has 0 saturated carbocycles. The summed E-state index contributed by atoms with van der Waals surface area (Å²) in [5, 5.41) is 4.73. The molecule has 0 atom stereocenters. The van der Waals surface area contributed by atoms with Crippen LogP contribution >= 0.6 is 0 Å². The van der Waals surface area contributed by atoms with Crippen molar-refractivity contribution in [2.75, 3.05) is 13.1 Å². The van der Waals surface area contributed by atoms with Crippen molar-refractivity contribution in [3.8, 4) is 16.9 Å². The first kappa shape index (κ1) is 16.3.